The van der Waals surface area contributed by atoms with Gasteiger partial charge in [0.05, 0.1) is 0 Å². The highest BCUT2D eigenvalue weighted by molar-refractivity contribution is 7.80. The summed E-state index contributed by atoms with van der Waals surface area (Å²) in [4.78, 5) is 14.6. The molecule has 150 valence electrons. The first kappa shape index (κ1) is 19.6. The Morgan fingerprint density at radius 3 is 2.45 bits per heavy atom. The van der Waals surface area contributed by atoms with Gasteiger partial charge >= 0.3 is 0 Å². The summed E-state index contributed by atoms with van der Waals surface area (Å²) in [6, 6.07) is 14.0. The molecule has 1 aliphatic carbocycles. The molecule has 1 aliphatic heterocycles. The van der Waals surface area contributed by atoms with Crippen molar-refractivity contribution in [2.45, 2.75) is 44.8 Å². The van der Waals surface area contributed by atoms with Crippen LogP contribution in [0, 0.1) is 5.82 Å². The number of halogens is 1. The lowest BCUT2D eigenvalue weighted by Gasteiger charge is -2.29. The molecule has 0 bridgehead atoms. The van der Waals surface area contributed by atoms with Gasteiger partial charge in [0.25, 0.3) is 5.91 Å². The van der Waals surface area contributed by atoms with E-state index in [1.54, 1.807) is 17.0 Å². The van der Waals surface area contributed by atoms with Crippen LogP contribution >= 0.6 is 12.2 Å². The molecule has 2 aliphatic rings. The van der Waals surface area contributed by atoms with E-state index >= 15 is 0 Å². The van der Waals surface area contributed by atoms with Crippen molar-refractivity contribution in [1.82, 2.24) is 10.2 Å². The molecule has 1 amide bonds. The molecule has 2 fully saturated rings. The SMILES string of the molecule is O=C1/C(=C/c2ccc(OCc3ccc(F)cc3)cc2)NC(=S)N1C1CCCCC1. The monoisotopic (exact) mass is 410 g/mol. The Kier molecular flexibility index (Phi) is 5.90. The molecule has 1 saturated heterocycles. The van der Waals surface area contributed by atoms with Gasteiger partial charge in [-0.25, -0.2) is 4.39 Å². The Balaban J connectivity index is 1.39. The van der Waals surface area contributed by atoms with Gasteiger partial charge in [0.2, 0.25) is 0 Å². The highest BCUT2D eigenvalue weighted by atomic mass is 32.1. The normalized spacial score (nSPS) is 18.9. The van der Waals surface area contributed by atoms with Crippen LogP contribution in [0.15, 0.2) is 54.2 Å². The van der Waals surface area contributed by atoms with Gasteiger partial charge < -0.3 is 10.1 Å². The van der Waals surface area contributed by atoms with Crippen molar-refractivity contribution in [1.29, 1.82) is 0 Å². The van der Waals surface area contributed by atoms with E-state index in [1.807, 2.05) is 30.3 Å². The van der Waals surface area contributed by atoms with Gasteiger partial charge in [-0.1, -0.05) is 43.5 Å². The average molecular weight is 411 g/mol. The number of thiocarbonyl (C=S) groups is 1. The summed E-state index contributed by atoms with van der Waals surface area (Å²) in [5.74, 6) is 0.405. The maximum atomic E-state index is 13.0. The number of ether oxygens (including phenoxy) is 1. The number of nitrogens with one attached hydrogen (secondary N) is 1. The van der Waals surface area contributed by atoms with Gasteiger partial charge in [-0.05, 0) is 66.5 Å². The lowest BCUT2D eigenvalue weighted by atomic mass is 9.94. The molecule has 4 rings (SSSR count). The Morgan fingerprint density at radius 2 is 1.76 bits per heavy atom. The number of amides is 1. The fourth-order valence-corrected chi connectivity index (χ4v) is 4.14. The maximum Gasteiger partial charge on any atom is 0.276 e. The van der Waals surface area contributed by atoms with Gasteiger partial charge in [0, 0.05) is 6.04 Å². The first-order valence-corrected chi connectivity index (χ1v) is 10.3. The van der Waals surface area contributed by atoms with Gasteiger partial charge in [-0.15, -0.1) is 0 Å². The van der Waals surface area contributed by atoms with E-state index in [2.05, 4.69) is 5.32 Å². The number of benzene rings is 2. The average Bonchev–Trinajstić information content (AvgIpc) is 3.02. The van der Waals surface area contributed by atoms with Crippen molar-refractivity contribution in [3.63, 3.8) is 0 Å². The van der Waals surface area contributed by atoms with Crippen LogP contribution in [0.2, 0.25) is 0 Å². The Bertz CT molecular complexity index is 919. The molecular weight excluding hydrogens is 387 g/mol. The topological polar surface area (TPSA) is 41.6 Å². The summed E-state index contributed by atoms with van der Waals surface area (Å²) < 4.78 is 18.7. The van der Waals surface area contributed by atoms with Crippen molar-refractivity contribution in [2.24, 2.45) is 0 Å². The zero-order valence-electron chi connectivity index (χ0n) is 16.1. The lowest BCUT2D eigenvalue weighted by molar-refractivity contribution is -0.124. The number of nitrogens with zero attached hydrogens (tertiary/aromatic N) is 1. The van der Waals surface area contributed by atoms with Crippen LogP contribution in [0.25, 0.3) is 6.08 Å². The minimum absolute atomic E-state index is 0.0430. The van der Waals surface area contributed by atoms with Gasteiger partial charge in [0.1, 0.15) is 23.9 Å². The second-order valence-corrected chi connectivity index (χ2v) is 7.83. The van der Waals surface area contributed by atoms with Crippen LogP contribution in [-0.4, -0.2) is 22.0 Å². The van der Waals surface area contributed by atoms with E-state index < -0.39 is 0 Å². The van der Waals surface area contributed by atoms with E-state index in [4.69, 9.17) is 17.0 Å². The third kappa shape index (κ3) is 4.65. The summed E-state index contributed by atoms with van der Waals surface area (Å²) in [5.41, 5.74) is 2.30. The van der Waals surface area contributed by atoms with Crippen molar-refractivity contribution in [3.05, 3.63) is 71.2 Å². The molecule has 1 heterocycles. The fraction of sp³-hybridized carbons (Fsp3) is 0.304. The van der Waals surface area contributed by atoms with Crippen LogP contribution in [0.4, 0.5) is 4.39 Å². The van der Waals surface area contributed by atoms with E-state index in [-0.39, 0.29) is 17.8 Å². The highest BCUT2D eigenvalue weighted by Crippen LogP contribution is 2.27. The largest absolute Gasteiger partial charge is 0.489 e. The molecule has 4 nitrogen and oxygen atoms in total. The molecule has 0 spiro atoms. The summed E-state index contributed by atoms with van der Waals surface area (Å²) in [7, 11) is 0. The summed E-state index contributed by atoms with van der Waals surface area (Å²) in [6.45, 7) is 0.366. The predicted molar refractivity (Wildman–Crippen MR) is 115 cm³/mol. The van der Waals surface area contributed by atoms with E-state index in [1.165, 1.54) is 18.6 Å². The first-order chi connectivity index (χ1) is 14.1. The highest BCUT2D eigenvalue weighted by Gasteiger charge is 2.36. The molecule has 0 unspecified atom stereocenters. The number of carbonyl (C=O) groups is 1. The van der Waals surface area contributed by atoms with E-state index in [0.29, 0.717) is 23.2 Å². The Labute approximate surface area is 175 Å². The standard InChI is InChI=1S/C23H23FN2O2S/c24-18-10-6-17(7-11-18)15-28-20-12-8-16(9-13-20)14-21-22(27)26(23(29)25-21)19-4-2-1-3-5-19/h6-14,19H,1-5,15H2,(H,25,29)/b21-14-. The molecule has 0 radical (unpaired) electrons. The van der Waals surface area contributed by atoms with Crippen molar-refractivity contribution in [2.75, 3.05) is 0 Å². The van der Waals surface area contributed by atoms with Gasteiger partial charge in [0.15, 0.2) is 5.11 Å². The van der Waals surface area contributed by atoms with Gasteiger partial charge in [-0.2, -0.15) is 0 Å². The van der Waals surface area contributed by atoms with E-state index in [0.717, 1.165) is 36.8 Å². The quantitative estimate of drug-likeness (QED) is 0.568. The predicted octanol–water partition coefficient (Wildman–Crippen LogP) is 4.80. The molecule has 0 atom stereocenters. The molecule has 6 heteroatoms. The second kappa shape index (κ2) is 8.74. The van der Waals surface area contributed by atoms with Crippen LogP contribution in [0.1, 0.15) is 43.2 Å². The smallest absolute Gasteiger partial charge is 0.276 e. The molecule has 1 N–H and O–H groups in total. The number of hydrogen-bond acceptors (Lipinski definition) is 3. The van der Waals surface area contributed by atoms with E-state index in [9.17, 15) is 9.18 Å². The van der Waals surface area contributed by atoms with Gasteiger partial charge in [-0.3, -0.25) is 9.69 Å². The lowest BCUT2D eigenvalue weighted by Crippen LogP contribution is -2.41. The Hall–Kier alpha value is -2.73. The van der Waals surface area contributed by atoms with Crippen LogP contribution in [0.3, 0.4) is 0 Å². The Morgan fingerprint density at radius 1 is 1.07 bits per heavy atom. The van der Waals surface area contributed by atoms with Crippen molar-refractivity contribution in [3.8, 4) is 5.75 Å². The summed E-state index contributed by atoms with van der Waals surface area (Å²) in [5, 5.41) is 3.58. The van der Waals surface area contributed by atoms with Crippen molar-refractivity contribution < 1.29 is 13.9 Å². The number of hydrogen-bond donors (Lipinski definition) is 1. The third-order valence-corrected chi connectivity index (χ3v) is 5.66. The summed E-state index contributed by atoms with van der Waals surface area (Å²) >= 11 is 5.41. The minimum atomic E-state index is -0.261. The molecule has 2 aromatic rings. The van der Waals surface area contributed by atoms with Crippen LogP contribution in [-0.2, 0) is 11.4 Å². The maximum absolute atomic E-state index is 13.0. The molecule has 2 aromatic carbocycles. The molecular formula is C23H23FN2O2S. The number of carbonyl (C=O) groups excluding carboxylic acids is 1. The van der Waals surface area contributed by atoms with Crippen LogP contribution in [0.5, 0.6) is 5.75 Å². The zero-order valence-corrected chi connectivity index (χ0v) is 16.9. The molecule has 0 aromatic heterocycles. The van der Waals surface area contributed by atoms with Crippen molar-refractivity contribution >= 4 is 29.3 Å². The fourth-order valence-electron chi connectivity index (χ4n) is 3.79. The minimum Gasteiger partial charge on any atom is -0.489 e. The zero-order chi connectivity index (χ0) is 20.2. The molecule has 29 heavy (non-hydrogen) atoms. The summed E-state index contributed by atoms with van der Waals surface area (Å²) in [6.07, 6.45) is 7.38. The first-order valence-electron chi connectivity index (χ1n) is 9.94. The third-order valence-electron chi connectivity index (χ3n) is 5.36. The second-order valence-electron chi connectivity index (χ2n) is 7.44. The van der Waals surface area contributed by atoms with Crippen LogP contribution < -0.4 is 10.1 Å². The molecule has 1 saturated carbocycles. The number of rotatable bonds is 5.